The van der Waals surface area contributed by atoms with Crippen LogP contribution in [0, 0.1) is 0 Å². The molecule has 0 unspecified atom stereocenters. The molecular weight excluding hydrogens is 128 g/mol. The molecule has 0 fully saturated rings. The highest BCUT2D eigenvalue weighted by atomic mass is 28.3. The van der Waals surface area contributed by atoms with Gasteiger partial charge in [0, 0.05) is 0 Å². The predicted molar refractivity (Wildman–Crippen MR) is 49.2 cm³/mol. The van der Waals surface area contributed by atoms with E-state index in [0.717, 1.165) is 0 Å². The SMILES string of the molecule is C=C[Si](C)(C)C=C.[SiH4]. The van der Waals surface area contributed by atoms with Crippen molar-refractivity contribution in [2.75, 3.05) is 0 Å². The van der Waals surface area contributed by atoms with Gasteiger partial charge in [0.2, 0.25) is 0 Å². The molecule has 0 aliphatic rings. The molecule has 0 spiro atoms. The third-order valence-electron chi connectivity index (χ3n) is 1.05. The van der Waals surface area contributed by atoms with Crippen LogP contribution in [0.3, 0.4) is 0 Å². The Balaban J connectivity index is 0. The minimum atomic E-state index is -1.12. The Morgan fingerprint density at radius 2 is 1.38 bits per heavy atom. The summed E-state index contributed by atoms with van der Waals surface area (Å²) in [5.41, 5.74) is 4.03. The molecule has 0 amide bonds. The number of rotatable bonds is 2. The van der Waals surface area contributed by atoms with E-state index in [-0.39, 0.29) is 11.0 Å². The van der Waals surface area contributed by atoms with Gasteiger partial charge in [0.15, 0.2) is 0 Å². The van der Waals surface area contributed by atoms with E-state index < -0.39 is 8.07 Å². The van der Waals surface area contributed by atoms with Crippen molar-refractivity contribution in [1.82, 2.24) is 0 Å². The molecule has 0 aromatic rings. The Morgan fingerprint density at radius 1 is 1.12 bits per heavy atom. The van der Waals surface area contributed by atoms with Crippen LogP contribution in [0.5, 0.6) is 0 Å². The zero-order chi connectivity index (χ0) is 5.91. The molecule has 0 N–H and O–H groups in total. The summed E-state index contributed by atoms with van der Waals surface area (Å²) in [5.74, 6) is 0. The van der Waals surface area contributed by atoms with Crippen LogP contribution in [0.1, 0.15) is 0 Å². The molecule has 0 radical (unpaired) electrons. The summed E-state index contributed by atoms with van der Waals surface area (Å²) in [6, 6.07) is 0. The summed E-state index contributed by atoms with van der Waals surface area (Å²) >= 11 is 0. The molecule has 2 heteroatoms. The molecule has 8 heavy (non-hydrogen) atoms. The summed E-state index contributed by atoms with van der Waals surface area (Å²) in [5, 5.41) is 0. The molecule has 0 aromatic heterocycles. The van der Waals surface area contributed by atoms with Gasteiger partial charge in [-0.15, -0.1) is 13.2 Å². The lowest BCUT2D eigenvalue weighted by Crippen LogP contribution is -2.17. The summed E-state index contributed by atoms with van der Waals surface area (Å²) in [4.78, 5) is 0. The number of hydrogen-bond acceptors (Lipinski definition) is 0. The quantitative estimate of drug-likeness (QED) is 0.500. The van der Waals surface area contributed by atoms with Crippen molar-refractivity contribution in [2.45, 2.75) is 13.1 Å². The molecular formula is C6H16Si2. The standard InChI is InChI=1S/C6H12Si.H4Si/c1-5-7(3,4)6-2;/h5-6H,1-2H2,3-4H3;1H4. The fraction of sp³-hybridized carbons (Fsp3) is 0.333. The van der Waals surface area contributed by atoms with Gasteiger partial charge in [-0.25, -0.2) is 0 Å². The molecule has 0 saturated carbocycles. The van der Waals surface area contributed by atoms with Crippen LogP contribution in [-0.2, 0) is 0 Å². The first-order valence-electron chi connectivity index (χ1n) is 2.39. The Hall–Kier alpha value is -0.0862. The van der Waals surface area contributed by atoms with Gasteiger partial charge in [0.05, 0.1) is 8.07 Å². The highest BCUT2D eigenvalue weighted by Gasteiger charge is 2.07. The van der Waals surface area contributed by atoms with E-state index >= 15 is 0 Å². The van der Waals surface area contributed by atoms with Gasteiger partial charge in [0.1, 0.15) is 0 Å². The largest absolute Gasteiger partial charge is 0.107 e. The zero-order valence-electron chi connectivity index (χ0n) is 5.07. The summed E-state index contributed by atoms with van der Waals surface area (Å²) in [7, 11) is -1.12. The van der Waals surface area contributed by atoms with Crippen LogP contribution in [0.15, 0.2) is 24.6 Å². The van der Waals surface area contributed by atoms with E-state index in [4.69, 9.17) is 0 Å². The molecule has 0 aliphatic carbocycles. The Kier molecular flexibility index (Phi) is 5.22. The topological polar surface area (TPSA) is 0 Å². The molecule has 0 aliphatic heterocycles. The highest BCUT2D eigenvalue weighted by molar-refractivity contribution is 6.86. The molecule has 0 saturated heterocycles. The Labute approximate surface area is 57.3 Å². The van der Waals surface area contributed by atoms with E-state index in [1.165, 1.54) is 0 Å². The summed E-state index contributed by atoms with van der Waals surface area (Å²) < 4.78 is 0. The fourth-order valence-corrected chi connectivity index (χ4v) is 0.250. The molecule has 48 valence electrons. The first kappa shape index (κ1) is 10.8. The Bertz CT molecular complexity index is 74.5. The van der Waals surface area contributed by atoms with Crippen molar-refractivity contribution in [3.8, 4) is 0 Å². The average Bonchev–Trinajstić information content (AvgIpc) is 1.68. The zero-order valence-corrected chi connectivity index (χ0v) is 6.07. The molecule has 0 atom stereocenters. The van der Waals surface area contributed by atoms with Crippen LogP contribution < -0.4 is 0 Å². The smallest absolute Gasteiger partial charge is 0.0942 e. The Morgan fingerprint density at radius 3 is 1.38 bits per heavy atom. The first-order chi connectivity index (χ1) is 3.12. The van der Waals surface area contributed by atoms with E-state index in [1.807, 2.05) is 11.4 Å². The second-order valence-electron chi connectivity index (χ2n) is 2.23. The molecule has 0 rings (SSSR count). The maximum Gasteiger partial charge on any atom is 0.0942 e. The van der Waals surface area contributed by atoms with Crippen LogP contribution in [-0.4, -0.2) is 19.0 Å². The second kappa shape index (κ2) is 3.86. The van der Waals surface area contributed by atoms with Crippen LogP contribution >= 0.6 is 0 Å². The molecule has 0 heterocycles. The van der Waals surface area contributed by atoms with Gasteiger partial charge in [-0.05, 0) is 11.0 Å². The summed E-state index contributed by atoms with van der Waals surface area (Å²) in [6.07, 6.45) is 0. The monoisotopic (exact) mass is 144 g/mol. The minimum absolute atomic E-state index is 0. The van der Waals surface area contributed by atoms with Crippen molar-refractivity contribution in [3.05, 3.63) is 24.6 Å². The van der Waals surface area contributed by atoms with Crippen molar-refractivity contribution in [3.63, 3.8) is 0 Å². The van der Waals surface area contributed by atoms with Crippen LogP contribution in [0.2, 0.25) is 13.1 Å². The minimum Gasteiger partial charge on any atom is -0.107 e. The second-order valence-corrected chi connectivity index (χ2v) is 6.69. The highest BCUT2D eigenvalue weighted by Crippen LogP contribution is 2.01. The normalized spacial score (nSPS) is 9.25. The van der Waals surface area contributed by atoms with Crippen molar-refractivity contribution in [2.24, 2.45) is 0 Å². The third-order valence-corrected chi connectivity index (χ3v) is 3.16. The van der Waals surface area contributed by atoms with E-state index in [1.54, 1.807) is 0 Å². The van der Waals surface area contributed by atoms with Gasteiger partial charge in [-0.3, -0.25) is 0 Å². The maximum absolute atomic E-state index is 3.69. The fourth-order valence-electron chi connectivity index (χ4n) is 0.0833. The van der Waals surface area contributed by atoms with Gasteiger partial charge < -0.3 is 0 Å². The van der Waals surface area contributed by atoms with Crippen molar-refractivity contribution in [1.29, 1.82) is 0 Å². The van der Waals surface area contributed by atoms with Gasteiger partial charge >= 0.3 is 0 Å². The van der Waals surface area contributed by atoms with E-state index in [2.05, 4.69) is 26.3 Å². The van der Waals surface area contributed by atoms with E-state index in [0.29, 0.717) is 0 Å². The van der Waals surface area contributed by atoms with E-state index in [9.17, 15) is 0 Å². The van der Waals surface area contributed by atoms with Gasteiger partial charge in [0.25, 0.3) is 0 Å². The first-order valence-corrected chi connectivity index (χ1v) is 5.55. The molecule has 0 nitrogen and oxygen atoms in total. The molecule has 0 bridgehead atoms. The number of hydrogen-bond donors (Lipinski definition) is 0. The van der Waals surface area contributed by atoms with Crippen LogP contribution in [0.25, 0.3) is 0 Å². The lowest BCUT2D eigenvalue weighted by atomic mass is 11.2. The maximum atomic E-state index is 3.69. The third kappa shape index (κ3) is 4.08. The average molecular weight is 144 g/mol. The van der Waals surface area contributed by atoms with Gasteiger partial charge in [-0.1, -0.05) is 24.5 Å². The lowest BCUT2D eigenvalue weighted by molar-refractivity contribution is 1.86. The molecule has 0 aromatic carbocycles. The summed E-state index contributed by atoms with van der Waals surface area (Å²) in [6.45, 7) is 11.8. The van der Waals surface area contributed by atoms with Gasteiger partial charge in [-0.2, -0.15) is 0 Å². The van der Waals surface area contributed by atoms with Crippen molar-refractivity contribution < 1.29 is 0 Å². The lowest BCUT2D eigenvalue weighted by Gasteiger charge is -2.07. The van der Waals surface area contributed by atoms with Crippen LogP contribution in [0.4, 0.5) is 0 Å². The predicted octanol–water partition coefficient (Wildman–Crippen LogP) is 0.694. The van der Waals surface area contributed by atoms with Crippen molar-refractivity contribution >= 4 is 19.0 Å².